The molecule has 0 spiro atoms. The smallest absolute Gasteiger partial charge is 0.0113 e. The lowest BCUT2D eigenvalue weighted by molar-refractivity contribution is 0.0893. The van der Waals surface area contributed by atoms with Crippen LogP contribution in [0.3, 0.4) is 0 Å². The van der Waals surface area contributed by atoms with E-state index in [4.69, 9.17) is 5.73 Å². The van der Waals surface area contributed by atoms with E-state index in [0.717, 1.165) is 6.54 Å². The van der Waals surface area contributed by atoms with Gasteiger partial charge in [0.25, 0.3) is 0 Å². The van der Waals surface area contributed by atoms with E-state index >= 15 is 0 Å². The molecule has 0 aliphatic rings. The maximum absolute atomic E-state index is 6.00. The molecule has 0 amide bonds. The van der Waals surface area contributed by atoms with Gasteiger partial charge in [-0.25, -0.2) is 0 Å². The summed E-state index contributed by atoms with van der Waals surface area (Å²) in [6.45, 7) is 16.8. The zero-order chi connectivity index (χ0) is 12.4. The van der Waals surface area contributed by atoms with Gasteiger partial charge in [-0.3, -0.25) is 0 Å². The quantitative estimate of drug-likeness (QED) is 0.779. The lowest BCUT2D eigenvalue weighted by Crippen LogP contribution is -2.48. The molecule has 0 fully saturated rings. The van der Waals surface area contributed by atoms with Gasteiger partial charge in [-0.1, -0.05) is 34.6 Å². The van der Waals surface area contributed by atoms with Crippen molar-refractivity contribution >= 4 is 0 Å². The van der Waals surface area contributed by atoms with Gasteiger partial charge in [0, 0.05) is 18.6 Å². The van der Waals surface area contributed by atoms with E-state index in [1.54, 1.807) is 0 Å². The third-order valence-corrected chi connectivity index (χ3v) is 3.80. The summed E-state index contributed by atoms with van der Waals surface area (Å²) < 4.78 is 0. The van der Waals surface area contributed by atoms with Gasteiger partial charge in [-0.2, -0.15) is 0 Å². The molecule has 2 atom stereocenters. The first kappa shape index (κ1) is 14.9. The molecule has 15 heavy (non-hydrogen) atoms. The summed E-state index contributed by atoms with van der Waals surface area (Å²) in [5.41, 5.74) is 6.50. The van der Waals surface area contributed by atoms with Crippen molar-refractivity contribution in [3.05, 3.63) is 0 Å². The van der Waals surface area contributed by atoms with Crippen LogP contribution in [0.4, 0.5) is 0 Å². The van der Waals surface area contributed by atoms with Gasteiger partial charge in [0.2, 0.25) is 0 Å². The molecule has 0 saturated heterocycles. The molecule has 2 unspecified atom stereocenters. The van der Waals surface area contributed by atoms with Crippen molar-refractivity contribution in [3.8, 4) is 0 Å². The van der Waals surface area contributed by atoms with Gasteiger partial charge in [-0.15, -0.1) is 0 Å². The number of nitrogens with zero attached hydrogens (tertiary/aromatic N) is 1. The van der Waals surface area contributed by atoms with Crippen LogP contribution < -0.4 is 5.73 Å². The molecule has 0 aliphatic carbocycles. The molecule has 2 heteroatoms. The van der Waals surface area contributed by atoms with Crippen molar-refractivity contribution in [3.63, 3.8) is 0 Å². The van der Waals surface area contributed by atoms with Crippen LogP contribution in [0, 0.1) is 10.8 Å². The molecular weight excluding hydrogens is 184 g/mol. The van der Waals surface area contributed by atoms with Crippen molar-refractivity contribution in [1.29, 1.82) is 0 Å². The minimum Gasteiger partial charge on any atom is -0.327 e. The molecular formula is C13H30N2. The van der Waals surface area contributed by atoms with Crippen molar-refractivity contribution in [2.75, 3.05) is 13.6 Å². The van der Waals surface area contributed by atoms with Crippen LogP contribution in [-0.2, 0) is 0 Å². The summed E-state index contributed by atoms with van der Waals surface area (Å²) in [5.74, 6) is 0. The van der Waals surface area contributed by atoms with Gasteiger partial charge in [0.15, 0.2) is 0 Å². The zero-order valence-electron chi connectivity index (χ0n) is 11.9. The van der Waals surface area contributed by atoms with Crippen molar-refractivity contribution < 1.29 is 0 Å². The second-order valence-electron chi connectivity index (χ2n) is 6.73. The second kappa shape index (κ2) is 4.84. The Morgan fingerprint density at radius 3 is 1.73 bits per heavy atom. The maximum atomic E-state index is 6.00. The van der Waals surface area contributed by atoms with Gasteiger partial charge >= 0.3 is 0 Å². The molecule has 0 bridgehead atoms. The van der Waals surface area contributed by atoms with Gasteiger partial charge in [0.05, 0.1) is 0 Å². The van der Waals surface area contributed by atoms with Gasteiger partial charge < -0.3 is 10.6 Å². The van der Waals surface area contributed by atoms with Crippen molar-refractivity contribution in [2.45, 2.75) is 60.5 Å². The minimum atomic E-state index is 0.175. The van der Waals surface area contributed by atoms with Crippen molar-refractivity contribution in [1.82, 2.24) is 4.90 Å². The first-order valence-corrected chi connectivity index (χ1v) is 5.94. The summed E-state index contributed by atoms with van der Waals surface area (Å²) in [5, 5.41) is 0. The third-order valence-electron chi connectivity index (χ3n) is 3.80. The largest absolute Gasteiger partial charge is 0.327 e. The first-order chi connectivity index (χ1) is 6.48. The van der Waals surface area contributed by atoms with E-state index in [-0.39, 0.29) is 11.5 Å². The molecule has 0 aliphatic heterocycles. The van der Waals surface area contributed by atoms with E-state index in [0.29, 0.717) is 11.5 Å². The molecule has 92 valence electrons. The second-order valence-corrected chi connectivity index (χ2v) is 6.73. The number of rotatable bonds is 4. The normalized spacial score (nSPS) is 18.0. The molecule has 2 nitrogen and oxygen atoms in total. The Morgan fingerprint density at radius 1 is 1.07 bits per heavy atom. The highest BCUT2D eigenvalue weighted by molar-refractivity contribution is 4.85. The highest BCUT2D eigenvalue weighted by Gasteiger charge is 2.30. The predicted octanol–water partition coefficient (Wildman–Crippen LogP) is 2.73. The SMILES string of the molecule is CC(N(C)CC(C)(C)C(C)N)C(C)(C)C. The van der Waals surface area contributed by atoms with Crippen molar-refractivity contribution in [2.24, 2.45) is 16.6 Å². The summed E-state index contributed by atoms with van der Waals surface area (Å²) in [6.07, 6.45) is 0. The van der Waals surface area contributed by atoms with Gasteiger partial charge in [0.1, 0.15) is 0 Å². The summed E-state index contributed by atoms with van der Waals surface area (Å²) in [6, 6.07) is 0.794. The highest BCUT2D eigenvalue weighted by atomic mass is 15.1. The molecule has 0 saturated carbocycles. The van der Waals surface area contributed by atoms with Gasteiger partial charge in [-0.05, 0) is 31.7 Å². The van der Waals surface area contributed by atoms with E-state index in [9.17, 15) is 0 Å². The summed E-state index contributed by atoms with van der Waals surface area (Å²) in [4.78, 5) is 2.42. The van der Waals surface area contributed by atoms with E-state index in [1.165, 1.54) is 0 Å². The molecule has 0 rings (SSSR count). The first-order valence-electron chi connectivity index (χ1n) is 5.94. The van der Waals surface area contributed by atoms with Crippen LogP contribution in [0.5, 0.6) is 0 Å². The molecule has 0 heterocycles. The molecule has 0 radical (unpaired) electrons. The van der Waals surface area contributed by atoms with Crippen LogP contribution in [-0.4, -0.2) is 30.6 Å². The Labute approximate surface area is 96.2 Å². The third kappa shape index (κ3) is 4.52. The topological polar surface area (TPSA) is 29.3 Å². The standard InChI is InChI=1S/C13H30N2/c1-10(14)13(6,7)9-15(8)11(2)12(3,4)5/h10-11H,9,14H2,1-8H3. The number of hydrogen-bond acceptors (Lipinski definition) is 2. The van der Waals surface area contributed by atoms with Crippen LogP contribution in [0.1, 0.15) is 48.5 Å². The lowest BCUT2D eigenvalue weighted by Gasteiger charge is -2.41. The summed E-state index contributed by atoms with van der Waals surface area (Å²) in [7, 11) is 2.19. The average Bonchev–Trinajstić information content (AvgIpc) is 2.00. The van der Waals surface area contributed by atoms with Crippen LogP contribution in [0.15, 0.2) is 0 Å². The number of nitrogens with two attached hydrogens (primary N) is 1. The Balaban J connectivity index is 4.43. The highest BCUT2D eigenvalue weighted by Crippen LogP contribution is 2.27. The van der Waals surface area contributed by atoms with Crippen LogP contribution in [0.2, 0.25) is 0 Å². The fourth-order valence-corrected chi connectivity index (χ4v) is 1.58. The van der Waals surface area contributed by atoms with Crippen LogP contribution >= 0.6 is 0 Å². The zero-order valence-corrected chi connectivity index (χ0v) is 11.9. The molecule has 2 N–H and O–H groups in total. The Morgan fingerprint density at radius 2 is 1.47 bits per heavy atom. The molecule has 0 aromatic carbocycles. The Bertz CT molecular complexity index is 189. The fourth-order valence-electron chi connectivity index (χ4n) is 1.58. The molecule has 0 aromatic rings. The fraction of sp³-hybridized carbons (Fsp3) is 1.00. The number of hydrogen-bond donors (Lipinski definition) is 1. The molecule has 0 aromatic heterocycles. The Kier molecular flexibility index (Phi) is 4.81. The average molecular weight is 214 g/mol. The van der Waals surface area contributed by atoms with E-state index in [2.05, 4.69) is 60.4 Å². The summed E-state index contributed by atoms with van der Waals surface area (Å²) >= 11 is 0. The lowest BCUT2D eigenvalue weighted by atomic mass is 9.82. The monoisotopic (exact) mass is 214 g/mol. The predicted molar refractivity (Wildman–Crippen MR) is 69.0 cm³/mol. The van der Waals surface area contributed by atoms with E-state index in [1.807, 2.05) is 0 Å². The van der Waals surface area contributed by atoms with Crippen LogP contribution in [0.25, 0.3) is 0 Å². The minimum absolute atomic E-state index is 0.175. The Hall–Kier alpha value is -0.0800. The van der Waals surface area contributed by atoms with E-state index < -0.39 is 0 Å². The maximum Gasteiger partial charge on any atom is 0.0113 e.